The van der Waals surface area contributed by atoms with Crippen molar-refractivity contribution in [2.75, 3.05) is 13.1 Å². The van der Waals surface area contributed by atoms with Gasteiger partial charge in [0.2, 0.25) is 0 Å². The van der Waals surface area contributed by atoms with E-state index in [1.165, 1.54) is 0 Å². The minimum atomic E-state index is -0.746. The van der Waals surface area contributed by atoms with Crippen molar-refractivity contribution in [3.05, 3.63) is 48.0 Å². The van der Waals surface area contributed by atoms with Crippen LogP contribution in [0.3, 0.4) is 0 Å². The first-order chi connectivity index (χ1) is 10.7. The molecule has 0 N–H and O–H groups in total. The molecule has 2 aromatic carbocycles. The highest BCUT2D eigenvalue weighted by Crippen LogP contribution is 2.20. The molecule has 4 heteroatoms. The van der Waals surface area contributed by atoms with E-state index in [1.807, 2.05) is 36.4 Å². The third-order valence-electron chi connectivity index (χ3n) is 4.06. The zero-order chi connectivity index (χ0) is 15.5. The maximum atomic E-state index is 12.4. The molecule has 3 rings (SSSR count). The van der Waals surface area contributed by atoms with Gasteiger partial charge < -0.3 is 9.64 Å². The van der Waals surface area contributed by atoms with Crippen molar-refractivity contribution in [1.82, 2.24) is 4.90 Å². The zero-order valence-electron chi connectivity index (χ0n) is 12.6. The van der Waals surface area contributed by atoms with Crippen molar-refractivity contribution < 1.29 is 14.3 Å². The van der Waals surface area contributed by atoms with Crippen molar-refractivity contribution in [3.8, 4) is 0 Å². The van der Waals surface area contributed by atoms with Gasteiger partial charge >= 0.3 is 5.97 Å². The third kappa shape index (κ3) is 2.82. The summed E-state index contributed by atoms with van der Waals surface area (Å²) in [5.41, 5.74) is 0.499. The summed E-state index contributed by atoms with van der Waals surface area (Å²) in [6.07, 6.45) is 1.30. The number of amides is 1. The molecule has 0 bridgehead atoms. The predicted molar refractivity (Wildman–Crippen MR) is 84.6 cm³/mol. The number of benzene rings is 2. The molecule has 0 spiro atoms. The molecule has 0 aromatic heterocycles. The number of fused-ring (bicyclic) bond motifs is 1. The van der Waals surface area contributed by atoms with Gasteiger partial charge in [0.15, 0.2) is 6.10 Å². The van der Waals surface area contributed by atoms with E-state index < -0.39 is 12.1 Å². The molecular formula is C18H19NO3. The molecule has 22 heavy (non-hydrogen) atoms. The number of hydrogen-bond donors (Lipinski definition) is 0. The predicted octanol–water partition coefficient (Wildman–Crippen LogP) is 3.01. The topological polar surface area (TPSA) is 46.6 Å². The lowest BCUT2D eigenvalue weighted by Gasteiger charge is -2.20. The van der Waals surface area contributed by atoms with Gasteiger partial charge in [0, 0.05) is 13.1 Å². The summed E-state index contributed by atoms with van der Waals surface area (Å²) in [6.45, 7) is 3.16. The first kappa shape index (κ1) is 14.6. The smallest absolute Gasteiger partial charge is 0.339 e. The van der Waals surface area contributed by atoms with Crippen LogP contribution in [0.5, 0.6) is 0 Å². The Labute approximate surface area is 129 Å². The number of likely N-dealkylation sites (tertiary alicyclic amines) is 1. The van der Waals surface area contributed by atoms with Gasteiger partial charge in [-0.25, -0.2) is 4.79 Å². The fraction of sp³-hybridized carbons (Fsp3) is 0.333. The summed E-state index contributed by atoms with van der Waals surface area (Å²) in [7, 11) is 0. The van der Waals surface area contributed by atoms with Crippen LogP contribution >= 0.6 is 0 Å². The van der Waals surface area contributed by atoms with Crippen LogP contribution in [0.15, 0.2) is 42.5 Å². The fourth-order valence-corrected chi connectivity index (χ4v) is 2.87. The Hall–Kier alpha value is -2.36. The second kappa shape index (κ2) is 6.18. The fourth-order valence-electron chi connectivity index (χ4n) is 2.87. The van der Waals surface area contributed by atoms with Gasteiger partial charge in [-0.05, 0) is 36.6 Å². The van der Waals surface area contributed by atoms with Gasteiger partial charge in [-0.1, -0.05) is 36.4 Å². The summed E-state index contributed by atoms with van der Waals surface area (Å²) in [4.78, 5) is 26.4. The number of carbonyl (C=O) groups is 2. The summed E-state index contributed by atoms with van der Waals surface area (Å²) in [6, 6.07) is 13.2. The molecule has 1 saturated heterocycles. The molecular weight excluding hydrogens is 278 g/mol. The second-order valence-electron chi connectivity index (χ2n) is 5.61. The van der Waals surface area contributed by atoms with Crippen molar-refractivity contribution >= 4 is 22.6 Å². The number of nitrogens with zero attached hydrogens (tertiary/aromatic N) is 1. The summed E-state index contributed by atoms with van der Waals surface area (Å²) in [5.74, 6) is -0.553. The van der Waals surface area contributed by atoms with Gasteiger partial charge in [-0.2, -0.15) is 0 Å². The highest BCUT2D eigenvalue weighted by molar-refractivity contribution is 6.05. The van der Waals surface area contributed by atoms with E-state index in [-0.39, 0.29) is 5.91 Å². The lowest BCUT2D eigenvalue weighted by atomic mass is 10.0. The lowest BCUT2D eigenvalue weighted by Crippen LogP contribution is -2.38. The van der Waals surface area contributed by atoms with Gasteiger partial charge in [-0.3, -0.25) is 4.79 Å². The van der Waals surface area contributed by atoms with E-state index in [1.54, 1.807) is 17.9 Å². The molecule has 2 aromatic rings. The zero-order valence-corrected chi connectivity index (χ0v) is 12.6. The van der Waals surface area contributed by atoms with E-state index in [0.29, 0.717) is 5.56 Å². The van der Waals surface area contributed by atoms with Crippen molar-refractivity contribution in [1.29, 1.82) is 0 Å². The Morgan fingerprint density at radius 1 is 1.05 bits per heavy atom. The number of rotatable bonds is 3. The molecule has 1 atom stereocenters. The van der Waals surface area contributed by atoms with E-state index in [0.717, 1.165) is 36.7 Å². The largest absolute Gasteiger partial charge is 0.449 e. The standard InChI is InChI=1S/C18H19NO3/c1-13(17(20)19-11-4-5-12-19)22-18(21)16-10-6-8-14-7-2-3-9-15(14)16/h2-3,6-10,13H,4-5,11-12H2,1H3. The molecule has 4 nitrogen and oxygen atoms in total. The molecule has 1 heterocycles. The maximum Gasteiger partial charge on any atom is 0.339 e. The van der Waals surface area contributed by atoms with Crippen LogP contribution in [0.2, 0.25) is 0 Å². The van der Waals surface area contributed by atoms with Gasteiger partial charge in [0.05, 0.1) is 5.56 Å². The molecule has 1 unspecified atom stereocenters. The highest BCUT2D eigenvalue weighted by Gasteiger charge is 2.26. The molecule has 1 aliphatic rings. The summed E-state index contributed by atoms with van der Waals surface area (Å²) in [5, 5.41) is 1.83. The Balaban J connectivity index is 1.77. The van der Waals surface area contributed by atoms with E-state index >= 15 is 0 Å². The molecule has 1 aliphatic heterocycles. The van der Waals surface area contributed by atoms with Crippen LogP contribution in [-0.4, -0.2) is 36.0 Å². The average molecular weight is 297 g/mol. The number of hydrogen-bond acceptors (Lipinski definition) is 3. The normalized spacial score (nSPS) is 15.8. The molecule has 1 amide bonds. The first-order valence-corrected chi connectivity index (χ1v) is 7.64. The lowest BCUT2D eigenvalue weighted by molar-refractivity contribution is -0.138. The van der Waals surface area contributed by atoms with Crippen molar-refractivity contribution in [2.24, 2.45) is 0 Å². The van der Waals surface area contributed by atoms with E-state index in [2.05, 4.69) is 0 Å². The molecule has 114 valence electrons. The SMILES string of the molecule is CC(OC(=O)c1cccc2ccccc12)C(=O)N1CCCC1. The number of ether oxygens (including phenoxy) is 1. The van der Waals surface area contributed by atoms with Crippen LogP contribution in [0, 0.1) is 0 Å². The van der Waals surface area contributed by atoms with Crippen LogP contribution in [0.1, 0.15) is 30.1 Å². The van der Waals surface area contributed by atoms with Gasteiger partial charge in [0.1, 0.15) is 0 Å². The second-order valence-corrected chi connectivity index (χ2v) is 5.61. The van der Waals surface area contributed by atoms with Crippen LogP contribution < -0.4 is 0 Å². The molecule has 0 aliphatic carbocycles. The minimum Gasteiger partial charge on any atom is -0.449 e. The van der Waals surface area contributed by atoms with Crippen molar-refractivity contribution in [3.63, 3.8) is 0 Å². The quantitative estimate of drug-likeness (QED) is 0.818. The van der Waals surface area contributed by atoms with Crippen LogP contribution in [-0.2, 0) is 9.53 Å². The summed E-state index contributed by atoms with van der Waals surface area (Å²) < 4.78 is 5.39. The number of carbonyl (C=O) groups excluding carboxylic acids is 2. The van der Waals surface area contributed by atoms with Gasteiger partial charge in [0.25, 0.3) is 5.91 Å². The molecule has 1 fully saturated rings. The highest BCUT2D eigenvalue weighted by atomic mass is 16.5. The molecule has 0 radical (unpaired) electrons. The first-order valence-electron chi connectivity index (χ1n) is 7.64. The van der Waals surface area contributed by atoms with E-state index in [4.69, 9.17) is 4.74 Å². The number of esters is 1. The maximum absolute atomic E-state index is 12.4. The van der Waals surface area contributed by atoms with E-state index in [9.17, 15) is 9.59 Å². The van der Waals surface area contributed by atoms with Gasteiger partial charge in [-0.15, -0.1) is 0 Å². The third-order valence-corrected chi connectivity index (χ3v) is 4.06. The Kier molecular flexibility index (Phi) is 4.09. The van der Waals surface area contributed by atoms with Crippen LogP contribution in [0.4, 0.5) is 0 Å². The Morgan fingerprint density at radius 3 is 2.50 bits per heavy atom. The van der Waals surface area contributed by atoms with Crippen LogP contribution in [0.25, 0.3) is 10.8 Å². The van der Waals surface area contributed by atoms with Crippen molar-refractivity contribution in [2.45, 2.75) is 25.9 Å². The Bertz CT molecular complexity index is 699. The average Bonchev–Trinajstić information content (AvgIpc) is 3.07. The minimum absolute atomic E-state index is 0.105. The summed E-state index contributed by atoms with van der Waals surface area (Å²) >= 11 is 0. The Morgan fingerprint density at radius 2 is 1.73 bits per heavy atom. The monoisotopic (exact) mass is 297 g/mol. The molecule has 0 saturated carbocycles.